The van der Waals surface area contributed by atoms with Gasteiger partial charge < -0.3 is 8.83 Å². The van der Waals surface area contributed by atoms with Crippen LogP contribution >= 0.6 is 0 Å². The maximum absolute atomic E-state index is 6.38. The van der Waals surface area contributed by atoms with E-state index in [-0.39, 0.29) is 0 Å². The minimum Gasteiger partial charge on any atom is -0.456 e. The smallest absolute Gasteiger partial charge is 0.136 e. The van der Waals surface area contributed by atoms with E-state index in [9.17, 15) is 0 Å². The van der Waals surface area contributed by atoms with E-state index in [1.54, 1.807) is 0 Å². The van der Waals surface area contributed by atoms with E-state index < -0.39 is 0 Å². The van der Waals surface area contributed by atoms with Gasteiger partial charge in [0, 0.05) is 21.5 Å². The summed E-state index contributed by atoms with van der Waals surface area (Å²) in [6.07, 6.45) is 0. The van der Waals surface area contributed by atoms with E-state index in [0.29, 0.717) is 0 Å². The van der Waals surface area contributed by atoms with Crippen LogP contribution in [0.3, 0.4) is 0 Å². The second-order valence-corrected chi connectivity index (χ2v) is 9.75. The molecule has 0 saturated carbocycles. The highest BCUT2D eigenvalue weighted by Crippen LogP contribution is 2.41. The monoisotopic (exact) mass is 486 g/mol. The highest BCUT2D eigenvalue weighted by atomic mass is 16.3. The average molecular weight is 487 g/mol. The number of benzene rings is 6. The summed E-state index contributed by atoms with van der Waals surface area (Å²) in [6.45, 7) is 0. The van der Waals surface area contributed by atoms with E-state index in [0.717, 1.165) is 55.0 Å². The van der Waals surface area contributed by atoms with Crippen LogP contribution in [-0.4, -0.2) is 0 Å². The minimum atomic E-state index is 0.873. The summed E-state index contributed by atoms with van der Waals surface area (Å²) < 4.78 is 12.6. The summed E-state index contributed by atoms with van der Waals surface area (Å²) in [7, 11) is 0. The minimum absolute atomic E-state index is 0.873. The van der Waals surface area contributed by atoms with Crippen molar-refractivity contribution in [3.05, 3.63) is 133 Å². The topological polar surface area (TPSA) is 26.3 Å². The third-order valence-electron chi connectivity index (χ3n) is 7.47. The van der Waals surface area contributed by atoms with Crippen LogP contribution in [0.4, 0.5) is 0 Å². The molecule has 0 bridgehead atoms. The van der Waals surface area contributed by atoms with E-state index in [1.807, 2.05) is 24.3 Å². The lowest BCUT2D eigenvalue weighted by Crippen LogP contribution is -1.84. The van der Waals surface area contributed by atoms with Crippen LogP contribution in [0.25, 0.3) is 77.3 Å². The van der Waals surface area contributed by atoms with Gasteiger partial charge in [-0.25, -0.2) is 0 Å². The van der Waals surface area contributed by atoms with Crippen LogP contribution < -0.4 is 0 Å². The molecule has 2 nitrogen and oxygen atoms in total. The van der Waals surface area contributed by atoms with Crippen molar-refractivity contribution >= 4 is 43.9 Å². The zero-order chi connectivity index (χ0) is 25.1. The van der Waals surface area contributed by atoms with Crippen LogP contribution in [0.1, 0.15) is 0 Å². The van der Waals surface area contributed by atoms with Gasteiger partial charge in [-0.05, 0) is 69.8 Å². The Balaban J connectivity index is 1.30. The predicted molar refractivity (Wildman–Crippen MR) is 157 cm³/mol. The van der Waals surface area contributed by atoms with Crippen molar-refractivity contribution in [3.8, 4) is 33.4 Å². The number of hydrogen-bond acceptors (Lipinski definition) is 2. The second kappa shape index (κ2) is 8.22. The van der Waals surface area contributed by atoms with Gasteiger partial charge in [-0.1, -0.05) is 97.1 Å². The van der Waals surface area contributed by atoms with Crippen molar-refractivity contribution in [3.63, 3.8) is 0 Å². The molecule has 8 rings (SSSR count). The van der Waals surface area contributed by atoms with Gasteiger partial charge in [0.25, 0.3) is 0 Å². The van der Waals surface area contributed by atoms with E-state index in [1.165, 1.54) is 22.3 Å². The van der Waals surface area contributed by atoms with Crippen molar-refractivity contribution in [2.75, 3.05) is 0 Å². The number of furan rings is 2. The van der Waals surface area contributed by atoms with Crippen molar-refractivity contribution in [1.29, 1.82) is 0 Å². The lowest BCUT2D eigenvalue weighted by molar-refractivity contribution is 0.664. The van der Waals surface area contributed by atoms with Gasteiger partial charge in [0.15, 0.2) is 0 Å². The molecule has 0 spiro atoms. The average Bonchev–Trinajstić information content (AvgIpc) is 3.54. The van der Waals surface area contributed by atoms with Crippen LogP contribution in [0, 0.1) is 0 Å². The first kappa shape index (κ1) is 21.0. The van der Waals surface area contributed by atoms with Crippen molar-refractivity contribution in [2.24, 2.45) is 0 Å². The quantitative estimate of drug-likeness (QED) is 0.248. The molecule has 0 radical (unpaired) electrons. The Morgan fingerprint density at radius 3 is 1.71 bits per heavy atom. The summed E-state index contributed by atoms with van der Waals surface area (Å²) in [4.78, 5) is 0. The van der Waals surface area contributed by atoms with Gasteiger partial charge in [-0.2, -0.15) is 0 Å². The Hall–Kier alpha value is -5.08. The third-order valence-corrected chi connectivity index (χ3v) is 7.47. The van der Waals surface area contributed by atoms with Crippen LogP contribution in [0.15, 0.2) is 142 Å². The maximum Gasteiger partial charge on any atom is 0.136 e. The van der Waals surface area contributed by atoms with Gasteiger partial charge in [-0.3, -0.25) is 0 Å². The number of fused-ring (bicyclic) bond motifs is 6. The lowest BCUT2D eigenvalue weighted by Gasteiger charge is -2.09. The van der Waals surface area contributed by atoms with E-state index in [4.69, 9.17) is 8.83 Å². The first-order valence-corrected chi connectivity index (χ1v) is 12.8. The second-order valence-electron chi connectivity index (χ2n) is 9.75. The summed E-state index contributed by atoms with van der Waals surface area (Å²) in [5.41, 5.74) is 10.6. The summed E-state index contributed by atoms with van der Waals surface area (Å²) >= 11 is 0. The molecule has 0 atom stereocenters. The molecule has 0 aliphatic rings. The number of para-hydroxylation sites is 1. The predicted octanol–water partition coefficient (Wildman–Crippen LogP) is 10.5. The molecule has 0 aliphatic carbocycles. The third kappa shape index (κ3) is 3.28. The molecular formula is C36H22O2. The van der Waals surface area contributed by atoms with Crippen LogP contribution in [0.5, 0.6) is 0 Å². The Labute approximate surface area is 219 Å². The molecule has 2 heteroatoms. The van der Waals surface area contributed by atoms with Gasteiger partial charge in [0.1, 0.15) is 22.3 Å². The number of rotatable bonds is 3. The molecule has 6 aromatic carbocycles. The molecule has 38 heavy (non-hydrogen) atoms. The van der Waals surface area contributed by atoms with Gasteiger partial charge in [0.2, 0.25) is 0 Å². The zero-order valence-electron chi connectivity index (χ0n) is 20.5. The Morgan fingerprint density at radius 2 is 0.868 bits per heavy atom. The molecule has 0 fully saturated rings. The van der Waals surface area contributed by atoms with Crippen molar-refractivity contribution in [2.45, 2.75) is 0 Å². The molecular weight excluding hydrogens is 464 g/mol. The standard InChI is InChI=1S/C36H22O2/c1-2-9-23(10-3-1)24-11-6-12-25(19-24)26-13-7-14-27(20-26)28-16-8-18-33-36(28)31-22-34-30(21-35(31)38-33)29-15-4-5-17-32(29)37-34/h1-22H. The molecule has 2 heterocycles. The summed E-state index contributed by atoms with van der Waals surface area (Å²) in [6, 6.07) is 46.7. The zero-order valence-corrected chi connectivity index (χ0v) is 20.5. The first-order valence-electron chi connectivity index (χ1n) is 12.8. The van der Waals surface area contributed by atoms with Crippen LogP contribution in [-0.2, 0) is 0 Å². The van der Waals surface area contributed by atoms with Gasteiger partial charge >= 0.3 is 0 Å². The van der Waals surface area contributed by atoms with Gasteiger partial charge in [0.05, 0.1) is 0 Å². The lowest BCUT2D eigenvalue weighted by atomic mass is 9.94. The molecule has 2 aromatic heterocycles. The van der Waals surface area contributed by atoms with Crippen LogP contribution in [0.2, 0.25) is 0 Å². The highest BCUT2D eigenvalue weighted by Gasteiger charge is 2.16. The number of hydrogen-bond donors (Lipinski definition) is 0. The SMILES string of the molecule is c1ccc(-c2cccc(-c3cccc(-c4cccc5oc6cc7c(cc6c45)oc4ccccc47)c3)c2)cc1. The molecule has 0 aliphatic heterocycles. The largest absolute Gasteiger partial charge is 0.456 e. The Bertz CT molecular complexity index is 2130. The molecule has 0 saturated heterocycles. The highest BCUT2D eigenvalue weighted by molar-refractivity contribution is 6.18. The van der Waals surface area contributed by atoms with Crippen molar-refractivity contribution in [1.82, 2.24) is 0 Å². The maximum atomic E-state index is 6.38. The molecule has 0 amide bonds. The molecule has 0 N–H and O–H groups in total. The fraction of sp³-hybridized carbons (Fsp3) is 0. The molecule has 178 valence electrons. The molecule has 8 aromatic rings. The normalized spacial score (nSPS) is 11.7. The Kier molecular flexibility index (Phi) is 4.55. The Morgan fingerprint density at radius 1 is 0.316 bits per heavy atom. The van der Waals surface area contributed by atoms with E-state index in [2.05, 4.69) is 109 Å². The summed E-state index contributed by atoms with van der Waals surface area (Å²) in [5.74, 6) is 0. The van der Waals surface area contributed by atoms with Gasteiger partial charge in [-0.15, -0.1) is 0 Å². The fourth-order valence-electron chi connectivity index (χ4n) is 5.66. The van der Waals surface area contributed by atoms with E-state index >= 15 is 0 Å². The first-order chi connectivity index (χ1) is 18.8. The summed E-state index contributed by atoms with van der Waals surface area (Å²) in [5, 5.41) is 4.36. The molecule has 0 unspecified atom stereocenters. The van der Waals surface area contributed by atoms with Crippen molar-refractivity contribution < 1.29 is 8.83 Å². The fourth-order valence-corrected chi connectivity index (χ4v) is 5.66.